The maximum Gasteiger partial charge on any atom is 0.364 e. The second kappa shape index (κ2) is 7.47. The predicted octanol–water partition coefficient (Wildman–Crippen LogP) is 2.86. The van der Waals surface area contributed by atoms with E-state index in [0.29, 0.717) is 22.4 Å². The molecular formula is C20H11N7O2. The first-order valence-corrected chi connectivity index (χ1v) is 8.38. The summed E-state index contributed by atoms with van der Waals surface area (Å²) < 4.78 is 5.39. The van der Waals surface area contributed by atoms with Gasteiger partial charge in [-0.1, -0.05) is 30.3 Å². The summed E-state index contributed by atoms with van der Waals surface area (Å²) in [5.41, 5.74) is 4.11. The van der Waals surface area contributed by atoms with Gasteiger partial charge in [-0.05, 0) is 18.2 Å². The first kappa shape index (κ1) is 17.6. The normalized spacial score (nSPS) is 10.1. The van der Waals surface area contributed by atoms with Crippen molar-refractivity contribution in [3.05, 3.63) is 71.2 Å². The molecular weight excluding hydrogens is 370 g/mol. The van der Waals surface area contributed by atoms with Crippen LogP contribution in [0.15, 0.2) is 75.1 Å². The van der Waals surface area contributed by atoms with Crippen LogP contribution in [0, 0.1) is 22.7 Å². The van der Waals surface area contributed by atoms with E-state index in [0.717, 1.165) is 5.56 Å². The number of aromatic nitrogens is 3. The molecule has 0 bridgehead atoms. The van der Waals surface area contributed by atoms with Gasteiger partial charge >= 0.3 is 5.63 Å². The number of hydrogen-bond donors (Lipinski definition) is 1. The Morgan fingerprint density at radius 2 is 1.90 bits per heavy atom. The largest absolute Gasteiger partial charge is 0.421 e. The van der Waals surface area contributed by atoms with Gasteiger partial charge in [-0.2, -0.15) is 20.7 Å². The van der Waals surface area contributed by atoms with Crippen LogP contribution in [0.5, 0.6) is 0 Å². The van der Waals surface area contributed by atoms with Crippen LogP contribution in [0.1, 0.15) is 0 Å². The maximum atomic E-state index is 12.4. The molecule has 0 saturated carbocycles. The Labute approximate surface area is 163 Å². The second-order valence-electron chi connectivity index (χ2n) is 5.85. The number of nitrogens with one attached hydrogen (secondary N) is 1. The molecule has 0 spiro atoms. The van der Waals surface area contributed by atoms with Gasteiger partial charge in [0, 0.05) is 17.0 Å². The number of rotatable bonds is 4. The summed E-state index contributed by atoms with van der Waals surface area (Å²) in [5, 5.41) is 30.2. The highest BCUT2D eigenvalue weighted by molar-refractivity contribution is 6.10. The summed E-state index contributed by atoms with van der Waals surface area (Å²) in [6.07, 6.45) is 1.58. The van der Waals surface area contributed by atoms with Gasteiger partial charge in [0.15, 0.2) is 5.69 Å². The molecule has 0 saturated heterocycles. The van der Waals surface area contributed by atoms with Crippen molar-refractivity contribution in [1.29, 1.82) is 10.5 Å². The van der Waals surface area contributed by atoms with Crippen LogP contribution in [0.25, 0.3) is 27.9 Å². The number of fused-ring (bicyclic) bond motifs is 1. The summed E-state index contributed by atoms with van der Waals surface area (Å²) in [6.45, 7) is 0. The fourth-order valence-electron chi connectivity index (χ4n) is 2.63. The van der Waals surface area contributed by atoms with Crippen molar-refractivity contribution < 1.29 is 4.42 Å². The first-order valence-electron chi connectivity index (χ1n) is 8.38. The fraction of sp³-hybridized carbons (Fsp3) is 0. The smallest absolute Gasteiger partial charge is 0.364 e. The van der Waals surface area contributed by atoms with Gasteiger partial charge in [0.25, 0.3) is 0 Å². The third-order valence-corrected chi connectivity index (χ3v) is 4.00. The van der Waals surface area contributed by atoms with Crippen molar-refractivity contribution in [2.75, 3.05) is 5.43 Å². The van der Waals surface area contributed by atoms with Crippen molar-refractivity contribution in [3.63, 3.8) is 0 Å². The van der Waals surface area contributed by atoms with Crippen LogP contribution in [0.4, 0.5) is 5.69 Å². The Balaban J connectivity index is 1.68. The van der Waals surface area contributed by atoms with Gasteiger partial charge in [0.2, 0.25) is 5.71 Å². The summed E-state index contributed by atoms with van der Waals surface area (Å²) in [7, 11) is 0. The number of nitriles is 2. The van der Waals surface area contributed by atoms with Crippen molar-refractivity contribution in [2.24, 2.45) is 5.10 Å². The number of hydrogen-bond acceptors (Lipinski definition) is 8. The van der Waals surface area contributed by atoms with E-state index in [1.54, 1.807) is 42.6 Å². The van der Waals surface area contributed by atoms with Crippen LogP contribution in [0.3, 0.4) is 0 Å². The van der Waals surface area contributed by atoms with Gasteiger partial charge in [-0.15, -0.1) is 9.90 Å². The Bertz CT molecular complexity index is 1360. The third kappa shape index (κ3) is 3.56. The van der Waals surface area contributed by atoms with E-state index in [9.17, 15) is 4.79 Å². The molecule has 0 unspecified atom stereocenters. The Hall–Kier alpha value is -4.76. The maximum absolute atomic E-state index is 12.4. The van der Waals surface area contributed by atoms with Gasteiger partial charge < -0.3 is 4.42 Å². The Morgan fingerprint density at radius 3 is 2.66 bits per heavy atom. The lowest BCUT2D eigenvalue weighted by molar-refractivity contribution is 0.546. The van der Waals surface area contributed by atoms with E-state index >= 15 is 0 Å². The zero-order chi connectivity index (χ0) is 20.2. The monoisotopic (exact) mass is 381 g/mol. The summed E-state index contributed by atoms with van der Waals surface area (Å²) >= 11 is 0. The van der Waals surface area contributed by atoms with Gasteiger partial charge in [0.1, 0.15) is 23.4 Å². The first-order chi connectivity index (χ1) is 14.2. The molecule has 2 heterocycles. The van der Waals surface area contributed by atoms with E-state index in [2.05, 4.69) is 20.7 Å². The second-order valence-corrected chi connectivity index (χ2v) is 5.85. The van der Waals surface area contributed by atoms with Gasteiger partial charge in [-0.25, -0.2) is 4.79 Å². The third-order valence-electron chi connectivity index (χ3n) is 4.00. The lowest BCUT2D eigenvalue weighted by Gasteiger charge is -2.04. The Morgan fingerprint density at radius 1 is 1.10 bits per heavy atom. The highest BCUT2D eigenvalue weighted by atomic mass is 16.4. The molecule has 4 aromatic rings. The predicted molar refractivity (Wildman–Crippen MR) is 105 cm³/mol. The molecule has 0 radical (unpaired) electrons. The van der Waals surface area contributed by atoms with Crippen molar-refractivity contribution in [1.82, 2.24) is 15.0 Å². The fourth-order valence-corrected chi connectivity index (χ4v) is 2.63. The molecule has 2 aromatic carbocycles. The van der Waals surface area contributed by atoms with E-state index in [1.165, 1.54) is 4.80 Å². The SMILES string of the molecule is N#CC(C#N)=NNc1ccc2cc(-n3ncc(-c4ccccc4)n3)c(=O)oc2c1. The zero-order valence-electron chi connectivity index (χ0n) is 14.8. The van der Waals surface area contributed by atoms with E-state index < -0.39 is 5.63 Å². The van der Waals surface area contributed by atoms with Crippen molar-refractivity contribution in [3.8, 4) is 29.1 Å². The Kier molecular flexibility index (Phi) is 4.54. The summed E-state index contributed by atoms with van der Waals surface area (Å²) in [5.74, 6) is 0. The van der Waals surface area contributed by atoms with Crippen LogP contribution in [-0.2, 0) is 0 Å². The van der Waals surface area contributed by atoms with Crippen LogP contribution in [-0.4, -0.2) is 20.7 Å². The average molecular weight is 381 g/mol. The van der Waals surface area contributed by atoms with E-state index in [1.807, 2.05) is 30.3 Å². The average Bonchev–Trinajstić information content (AvgIpc) is 3.24. The van der Waals surface area contributed by atoms with Crippen LogP contribution < -0.4 is 11.1 Å². The van der Waals surface area contributed by atoms with Crippen molar-refractivity contribution in [2.45, 2.75) is 0 Å². The van der Waals surface area contributed by atoms with Gasteiger partial charge in [-0.3, -0.25) is 5.43 Å². The summed E-state index contributed by atoms with van der Waals surface area (Å²) in [6, 6.07) is 19.3. The number of nitrogens with zero attached hydrogens (tertiary/aromatic N) is 6. The molecule has 0 atom stereocenters. The summed E-state index contributed by atoms with van der Waals surface area (Å²) in [4.78, 5) is 13.7. The molecule has 0 amide bonds. The van der Waals surface area contributed by atoms with E-state index in [-0.39, 0.29) is 11.4 Å². The van der Waals surface area contributed by atoms with Crippen molar-refractivity contribution >= 4 is 22.4 Å². The minimum Gasteiger partial charge on any atom is -0.421 e. The molecule has 0 fully saturated rings. The minimum absolute atomic E-state index is 0.176. The highest BCUT2D eigenvalue weighted by Crippen LogP contribution is 2.21. The minimum atomic E-state index is -0.608. The lowest BCUT2D eigenvalue weighted by atomic mass is 10.2. The molecule has 4 rings (SSSR count). The molecule has 0 aliphatic heterocycles. The lowest BCUT2D eigenvalue weighted by Crippen LogP contribution is -2.12. The molecule has 138 valence electrons. The quantitative estimate of drug-likeness (QED) is 0.326. The van der Waals surface area contributed by atoms with E-state index in [4.69, 9.17) is 14.9 Å². The molecule has 0 aliphatic rings. The standard InChI is InChI=1S/C20H11N7O2/c21-10-16(11-22)25-24-15-7-6-14-8-18(20(28)29-19(14)9-15)27-23-12-17(26-27)13-4-2-1-3-5-13/h1-9,12,24H. The highest BCUT2D eigenvalue weighted by Gasteiger charge is 2.12. The molecule has 9 heteroatoms. The number of benzene rings is 2. The number of anilines is 1. The van der Waals surface area contributed by atoms with Gasteiger partial charge in [0.05, 0.1) is 11.9 Å². The zero-order valence-corrected chi connectivity index (χ0v) is 14.8. The molecule has 9 nitrogen and oxygen atoms in total. The molecule has 29 heavy (non-hydrogen) atoms. The molecule has 2 aromatic heterocycles. The molecule has 0 aliphatic carbocycles. The number of hydrazone groups is 1. The molecule has 1 N–H and O–H groups in total. The van der Waals surface area contributed by atoms with Crippen LogP contribution >= 0.6 is 0 Å². The topological polar surface area (TPSA) is 133 Å². The van der Waals surface area contributed by atoms with Crippen LogP contribution in [0.2, 0.25) is 0 Å².